The number of amides is 1. The Balaban J connectivity index is 2.10. The maximum atomic E-state index is 12.3. The second kappa shape index (κ2) is 6.85. The highest BCUT2D eigenvalue weighted by Gasteiger charge is 2.23. The Bertz CT molecular complexity index is 491. The minimum absolute atomic E-state index is 0.0708. The molecule has 1 aromatic heterocycles. The lowest BCUT2D eigenvalue weighted by atomic mass is 10.1. The summed E-state index contributed by atoms with van der Waals surface area (Å²) in [6.45, 7) is 2.74. The van der Waals surface area contributed by atoms with E-state index >= 15 is 0 Å². The third-order valence-corrected chi connectivity index (χ3v) is 4.55. The molecular weight excluding hydrogens is 276 g/mol. The minimum Gasteiger partial charge on any atom is -0.465 e. The van der Waals surface area contributed by atoms with Crippen LogP contribution in [0, 0.1) is 6.92 Å². The molecule has 1 amide bonds. The number of hydrogen-bond acceptors (Lipinski definition) is 5. The number of anilines is 1. The Morgan fingerprint density at radius 2 is 2.20 bits per heavy atom. The molecule has 20 heavy (non-hydrogen) atoms. The number of aryl methyl sites for hydroxylation is 1. The average molecular weight is 296 g/mol. The predicted octanol–water partition coefficient (Wildman–Crippen LogP) is 2.31. The summed E-state index contributed by atoms with van der Waals surface area (Å²) in [5.74, 6) is -0.481. The molecule has 1 aliphatic rings. The van der Waals surface area contributed by atoms with Crippen molar-refractivity contribution in [2.45, 2.75) is 38.6 Å². The zero-order valence-electron chi connectivity index (χ0n) is 11.8. The summed E-state index contributed by atoms with van der Waals surface area (Å²) < 4.78 is 4.74. The third kappa shape index (κ3) is 3.37. The van der Waals surface area contributed by atoms with Crippen LogP contribution in [0.5, 0.6) is 0 Å². The molecule has 0 aliphatic carbocycles. The molecule has 0 bridgehead atoms. The van der Waals surface area contributed by atoms with Crippen LogP contribution in [0.4, 0.5) is 5.69 Å². The lowest BCUT2D eigenvalue weighted by Gasteiger charge is -2.16. The number of ether oxygens (including phenoxy) is 1. The van der Waals surface area contributed by atoms with E-state index in [0.29, 0.717) is 10.6 Å². The monoisotopic (exact) mass is 296 g/mol. The normalized spacial score (nSPS) is 19.2. The van der Waals surface area contributed by atoms with Gasteiger partial charge in [0.2, 0.25) is 5.91 Å². The van der Waals surface area contributed by atoms with Crippen LogP contribution in [0.2, 0.25) is 0 Å². The van der Waals surface area contributed by atoms with Gasteiger partial charge < -0.3 is 15.4 Å². The van der Waals surface area contributed by atoms with Gasteiger partial charge >= 0.3 is 5.97 Å². The molecule has 2 heterocycles. The molecule has 1 unspecified atom stereocenters. The van der Waals surface area contributed by atoms with E-state index < -0.39 is 5.97 Å². The molecule has 1 saturated heterocycles. The fourth-order valence-electron chi connectivity index (χ4n) is 2.31. The van der Waals surface area contributed by atoms with Crippen molar-refractivity contribution in [2.75, 3.05) is 19.0 Å². The summed E-state index contributed by atoms with van der Waals surface area (Å²) in [4.78, 5) is 24.4. The maximum Gasteiger partial charge on any atom is 0.350 e. The molecule has 1 aromatic rings. The smallest absolute Gasteiger partial charge is 0.350 e. The summed E-state index contributed by atoms with van der Waals surface area (Å²) in [5, 5.41) is 7.98. The van der Waals surface area contributed by atoms with Gasteiger partial charge in [-0.05, 0) is 37.3 Å². The van der Waals surface area contributed by atoms with Gasteiger partial charge in [0, 0.05) is 0 Å². The van der Waals surface area contributed by atoms with Crippen LogP contribution in [0.3, 0.4) is 0 Å². The van der Waals surface area contributed by atoms with Crippen LogP contribution in [-0.2, 0) is 9.53 Å². The standard InChI is InChI=1S/C14H20N2O3S/c1-9-8-20-12(14(18)19-2)11(9)16-13(17)10-6-4-3-5-7-15-10/h8,10,15H,3-7H2,1-2H3,(H,16,17). The summed E-state index contributed by atoms with van der Waals surface area (Å²) in [5.41, 5.74) is 1.47. The van der Waals surface area contributed by atoms with E-state index in [2.05, 4.69) is 10.6 Å². The molecule has 1 aliphatic heterocycles. The van der Waals surface area contributed by atoms with Gasteiger partial charge in [-0.25, -0.2) is 4.79 Å². The number of methoxy groups -OCH3 is 1. The largest absolute Gasteiger partial charge is 0.465 e. The van der Waals surface area contributed by atoms with Crippen molar-refractivity contribution < 1.29 is 14.3 Å². The van der Waals surface area contributed by atoms with Crippen molar-refractivity contribution in [1.82, 2.24) is 5.32 Å². The van der Waals surface area contributed by atoms with Crippen LogP contribution in [0.15, 0.2) is 5.38 Å². The molecule has 5 nitrogen and oxygen atoms in total. The first-order valence-electron chi connectivity index (χ1n) is 6.84. The summed E-state index contributed by atoms with van der Waals surface area (Å²) in [7, 11) is 1.34. The Morgan fingerprint density at radius 1 is 1.40 bits per heavy atom. The zero-order valence-corrected chi connectivity index (χ0v) is 12.6. The first kappa shape index (κ1) is 15.0. The molecule has 1 fully saturated rings. The number of nitrogens with one attached hydrogen (secondary N) is 2. The molecular formula is C14H20N2O3S. The molecule has 2 rings (SSSR count). The van der Waals surface area contributed by atoms with Crippen LogP contribution in [0.1, 0.15) is 40.9 Å². The van der Waals surface area contributed by atoms with Crippen molar-refractivity contribution in [3.8, 4) is 0 Å². The predicted molar refractivity (Wildman–Crippen MR) is 79.3 cm³/mol. The van der Waals surface area contributed by atoms with Gasteiger partial charge in [0.25, 0.3) is 0 Å². The van der Waals surface area contributed by atoms with Gasteiger partial charge in [-0.3, -0.25) is 4.79 Å². The Morgan fingerprint density at radius 3 is 2.95 bits per heavy atom. The van der Waals surface area contributed by atoms with Gasteiger partial charge in [0.15, 0.2) is 0 Å². The first-order chi connectivity index (χ1) is 9.63. The number of carbonyl (C=O) groups excluding carboxylic acids is 2. The van der Waals surface area contributed by atoms with Crippen LogP contribution in [-0.4, -0.2) is 31.6 Å². The van der Waals surface area contributed by atoms with Gasteiger partial charge in [0.1, 0.15) is 4.88 Å². The number of thiophene rings is 1. The van der Waals surface area contributed by atoms with Crippen LogP contribution in [0.25, 0.3) is 0 Å². The highest BCUT2D eigenvalue weighted by molar-refractivity contribution is 7.12. The SMILES string of the molecule is COC(=O)c1scc(C)c1NC(=O)C1CCCCCN1. The molecule has 2 N–H and O–H groups in total. The maximum absolute atomic E-state index is 12.3. The number of carbonyl (C=O) groups is 2. The summed E-state index contributed by atoms with van der Waals surface area (Å²) in [6, 6.07) is -0.178. The van der Waals surface area contributed by atoms with Gasteiger partial charge in [-0.15, -0.1) is 11.3 Å². The quantitative estimate of drug-likeness (QED) is 0.840. The van der Waals surface area contributed by atoms with Crippen molar-refractivity contribution >= 4 is 28.9 Å². The fourth-order valence-corrected chi connectivity index (χ4v) is 3.23. The highest BCUT2D eigenvalue weighted by Crippen LogP contribution is 2.28. The minimum atomic E-state index is -0.410. The first-order valence-corrected chi connectivity index (χ1v) is 7.72. The Hall–Kier alpha value is -1.40. The van der Waals surface area contributed by atoms with E-state index in [0.717, 1.165) is 37.8 Å². The average Bonchev–Trinajstić information content (AvgIpc) is 2.69. The van der Waals surface area contributed by atoms with Crippen molar-refractivity contribution in [1.29, 1.82) is 0 Å². The van der Waals surface area contributed by atoms with E-state index in [4.69, 9.17) is 4.74 Å². The van der Waals surface area contributed by atoms with Gasteiger partial charge in [0.05, 0.1) is 18.8 Å². The van der Waals surface area contributed by atoms with Gasteiger partial charge in [-0.2, -0.15) is 0 Å². The van der Waals surface area contributed by atoms with Crippen LogP contribution < -0.4 is 10.6 Å². The lowest BCUT2D eigenvalue weighted by Crippen LogP contribution is -2.40. The molecule has 6 heteroatoms. The lowest BCUT2D eigenvalue weighted by molar-refractivity contribution is -0.118. The topological polar surface area (TPSA) is 67.4 Å². The molecule has 110 valence electrons. The third-order valence-electron chi connectivity index (χ3n) is 3.47. The fraction of sp³-hybridized carbons (Fsp3) is 0.571. The van der Waals surface area contributed by atoms with E-state index in [1.54, 1.807) is 0 Å². The summed E-state index contributed by atoms with van der Waals surface area (Å²) >= 11 is 1.29. The van der Waals surface area contributed by atoms with Crippen LogP contribution >= 0.6 is 11.3 Å². The summed E-state index contributed by atoms with van der Waals surface area (Å²) in [6.07, 6.45) is 4.15. The van der Waals surface area contributed by atoms with Crippen molar-refractivity contribution in [2.24, 2.45) is 0 Å². The second-order valence-electron chi connectivity index (χ2n) is 4.96. The number of esters is 1. The van der Waals surface area contributed by atoms with E-state index in [1.165, 1.54) is 18.4 Å². The highest BCUT2D eigenvalue weighted by atomic mass is 32.1. The zero-order chi connectivity index (χ0) is 14.5. The number of hydrogen-bond donors (Lipinski definition) is 2. The van der Waals surface area contributed by atoms with E-state index in [9.17, 15) is 9.59 Å². The molecule has 0 aromatic carbocycles. The molecule has 0 saturated carbocycles. The molecule has 1 atom stereocenters. The second-order valence-corrected chi connectivity index (χ2v) is 5.84. The van der Waals surface area contributed by atoms with Crippen molar-refractivity contribution in [3.05, 3.63) is 15.8 Å². The Labute approximate surface area is 122 Å². The Kier molecular flexibility index (Phi) is 5.14. The molecule has 0 radical (unpaired) electrons. The van der Waals surface area contributed by atoms with E-state index in [1.807, 2.05) is 12.3 Å². The van der Waals surface area contributed by atoms with Gasteiger partial charge in [-0.1, -0.05) is 12.8 Å². The number of rotatable bonds is 3. The molecule has 0 spiro atoms. The van der Waals surface area contributed by atoms with Crippen molar-refractivity contribution in [3.63, 3.8) is 0 Å². The van der Waals surface area contributed by atoms with E-state index in [-0.39, 0.29) is 11.9 Å².